The molecule has 3 N–H and O–H groups in total. The number of ether oxygens (including phenoxy) is 2. The Labute approximate surface area is 137 Å². The van der Waals surface area contributed by atoms with Crippen LogP contribution < -0.4 is 20.5 Å². The number of halogens is 1. The van der Waals surface area contributed by atoms with Crippen molar-refractivity contribution in [2.45, 2.75) is 39.2 Å². The van der Waals surface area contributed by atoms with Gasteiger partial charge in [-0.05, 0) is 30.7 Å². The van der Waals surface area contributed by atoms with Crippen LogP contribution in [0.3, 0.4) is 0 Å². The van der Waals surface area contributed by atoms with E-state index in [2.05, 4.69) is 12.2 Å². The Balaban J connectivity index is 2.58. The normalized spacial score (nSPS) is 10.5. The lowest BCUT2D eigenvalue weighted by molar-refractivity contribution is -0.119. The zero-order chi connectivity index (χ0) is 16.4. The maximum absolute atomic E-state index is 10.8. The van der Waals surface area contributed by atoms with Crippen LogP contribution in [0, 0.1) is 0 Å². The van der Waals surface area contributed by atoms with Crippen molar-refractivity contribution in [3.8, 4) is 11.5 Å². The Morgan fingerprint density at radius 3 is 2.73 bits per heavy atom. The highest BCUT2D eigenvalue weighted by Crippen LogP contribution is 2.36. The number of benzene rings is 1. The summed E-state index contributed by atoms with van der Waals surface area (Å²) in [7, 11) is 1.53. The molecule has 1 amide bonds. The van der Waals surface area contributed by atoms with Crippen molar-refractivity contribution in [1.82, 2.24) is 5.32 Å². The van der Waals surface area contributed by atoms with E-state index in [0.717, 1.165) is 12.1 Å². The first-order valence-electron chi connectivity index (χ1n) is 7.56. The van der Waals surface area contributed by atoms with E-state index < -0.39 is 5.91 Å². The second-order valence-electron chi connectivity index (χ2n) is 5.10. The molecule has 0 saturated carbocycles. The summed E-state index contributed by atoms with van der Waals surface area (Å²) in [6.07, 6.45) is 4.92. The van der Waals surface area contributed by atoms with E-state index in [1.54, 1.807) is 6.07 Å². The summed E-state index contributed by atoms with van der Waals surface area (Å²) in [6.45, 7) is 3.65. The molecule has 0 aliphatic carbocycles. The largest absolute Gasteiger partial charge is 0.493 e. The molecule has 0 radical (unpaired) electrons. The molecule has 5 nitrogen and oxygen atoms in total. The number of hydrogen-bond donors (Lipinski definition) is 2. The first kappa shape index (κ1) is 18.6. The van der Waals surface area contributed by atoms with E-state index >= 15 is 0 Å². The number of methoxy groups -OCH3 is 1. The van der Waals surface area contributed by atoms with Gasteiger partial charge < -0.3 is 20.5 Å². The van der Waals surface area contributed by atoms with Gasteiger partial charge in [0.15, 0.2) is 18.1 Å². The van der Waals surface area contributed by atoms with Gasteiger partial charge in [0.25, 0.3) is 5.91 Å². The van der Waals surface area contributed by atoms with Crippen LogP contribution in [0.25, 0.3) is 0 Å². The number of unbranched alkanes of at least 4 members (excludes halogenated alkanes) is 3. The minimum Gasteiger partial charge on any atom is -0.493 e. The highest BCUT2D eigenvalue weighted by atomic mass is 35.5. The van der Waals surface area contributed by atoms with Gasteiger partial charge in [-0.25, -0.2) is 0 Å². The van der Waals surface area contributed by atoms with Crippen LogP contribution in [0.2, 0.25) is 5.02 Å². The smallest absolute Gasteiger partial charge is 0.255 e. The monoisotopic (exact) mass is 328 g/mol. The number of nitrogens with one attached hydrogen (secondary N) is 1. The molecule has 22 heavy (non-hydrogen) atoms. The lowest BCUT2D eigenvalue weighted by atomic mass is 10.2. The number of nitrogens with two attached hydrogens (primary N) is 1. The maximum atomic E-state index is 10.8. The van der Waals surface area contributed by atoms with Crippen LogP contribution in [-0.4, -0.2) is 26.2 Å². The maximum Gasteiger partial charge on any atom is 0.255 e. The van der Waals surface area contributed by atoms with Crippen molar-refractivity contribution in [2.75, 3.05) is 20.3 Å². The minimum atomic E-state index is -0.559. The molecule has 1 rings (SSSR count). The van der Waals surface area contributed by atoms with Crippen molar-refractivity contribution in [2.24, 2.45) is 5.73 Å². The van der Waals surface area contributed by atoms with Crippen LogP contribution in [0.15, 0.2) is 12.1 Å². The zero-order valence-electron chi connectivity index (χ0n) is 13.3. The molecule has 0 aromatic heterocycles. The molecular weight excluding hydrogens is 304 g/mol. The topological polar surface area (TPSA) is 73.6 Å². The quantitative estimate of drug-likeness (QED) is 0.613. The predicted octanol–water partition coefficient (Wildman–Crippen LogP) is 2.88. The van der Waals surface area contributed by atoms with Gasteiger partial charge in [0, 0.05) is 6.54 Å². The molecule has 0 saturated heterocycles. The Morgan fingerprint density at radius 2 is 2.09 bits per heavy atom. The molecule has 0 unspecified atom stereocenters. The molecule has 124 valence electrons. The van der Waals surface area contributed by atoms with Crippen LogP contribution in [0.1, 0.15) is 38.2 Å². The van der Waals surface area contributed by atoms with Crippen molar-refractivity contribution in [3.05, 3.63) is 22.7 Å². The number of amides is 1. The molecule has 1 aromatic carbocycles. The van der Waals surface area contributed by atoms with Crippen molar-refractivity contribution in [3.63, 3.8) is 0 Å². The molecular formula is C16H25ClN2O3. The number of carbonyl (C=O) groups excluding carboxylic acids is 1. The highest BCUT2D eigenvalue weighted by Gasteiger charge is 2.13. The van der Waals surface area contributed by atoms with Gasteiger partial charge in [0.05, 0.1) is 12.1 Å². The summed E-state index contributed by atoms with van der Waals surface area (Å²) in [5.41, 5.74) is 6.07. The molecule has 0 aliphatic heterocycles. The first-order valence-corrected chi connectivity index (χ1v) is 7.94. The Kier molecular flexibility index (Phi) is 8.70. The standard InChI is InChI=1S/C16H25ClN2O3/c1-3-4-5-6-7-19-10-12-8-13(17)16(14(9-12)21-2)22-11-15(18)20/h8-9,19H,3-7,10-11H2,1-2H3,(H2,18,20). The van der Waals surface area contributed by atoms with Crippen molar-refractivity contribution < 1.29 is 14.3 Å². The van der Waals surface area contributed by atoms with E-state index in [0.29, 0.717) is 23.1 Å². The van der Waals surface area contributed by atoms with Crippen LogP contribution in [0.4, 0.5) is 0 Å². The third kappa shape index (κ3) is 6.54. The van der Waals surface area contributed by atoms with Crippen molar-refractivity contribution in [1.29, 1.82) is 0 Å². The van der Waals surface area contributed by atoms with Gasteiger partial charge in [-0.1, -0.05) is 37.8 Å². The van der Waals surface area contributed by atoms with Gasteiger partial charge in [-0.2, -0.15) is 0 Å². The van der Waals surface area contributed by atoms with Crippen LogP contribution in [0.5, 0.6) is 11.5 Å². The average Bonchev–Trinajstić information content (AvgIpc) is 2.48. The summed E-state index contributed by atoms with van der Waals surface area (Å²) in [5.74, 6) is 0.280. The summed E-state index contributed by atoms with van der Waals surface area (Å²) >= 11 is 6.19. The van der Waals surface area contributed by atoms with Gasteiger partial charge >= 0.3 is 0 Å². The molecule has 0 atom stereocenters. The third-order valence-corrected chi connectivity index (χ3v) is 3.46. The van der Waals surface area contributed by atoms with E-state index in [-0.39, 0.29) is 6.61 Å². The fraction of sp³-hybridized carbons (Fsp3) is 0.562. The van der Waals surface area contributed by atoms with Gasteiger partial charge in [-0.15, -0.1) is 0 Å². The zero-order valence-corrected chi connectivity index (χ0v) is 14.0. The average molecular weight is 329 g/mol. The highest BCUT2D eigenvalue weighted by molar-refractivity contribution is 6.32. The summed E-state index contributed by atoms with van der Waals surface area (Å²) in [4.78, 5) is 10.8. The fourth-order valence-electron chi connectivity index (χ4n) is 2.07. The number of primary amides is 1. The molecule has 6 heteroatoms. The fourth-order valence-corrected chi connectivity index (χ4v) is 2.36. The van der Waals surface area contributed by atoms with E-state index in [1.807, 2.05) is 6.07 Å². The summed E-state index contributed by atoms with van der Waals surface area (Å²) in [6, 6.07) is 3.65. The minimum absolute atomic E-state index is 0.231. The molecule has 0 fully saturated rings. The van der Waals surface area contributed by atoms with Crippen molar-refractivity contribution >= 4 is 17.5 Å². The summed E-state index contributed by atoms with van der Waals surface area (Å²) in [5, 5.41) is 3.79. The Morgan fingerprint density at radius 1 is 1.32 bits per heavy atom. The van der Waals surface area contributed by atoms with Gasteiger partial charge in [0.2, 0.25) is 0 Å². The number of hydrogen-bond acceptors (Lipinski definition) is 4. The first-order chi connectivity index (χ1) is 10.6. The third-order valence-electron chi connectivity index (χ3n) is 3.18. The molecule has 0 heterocycles. The SMILES string of the molecule is CCCCCCNCc1cc(Cl)c(OCC(N)=O)c(OC)c1. The second-order valence-corrected chi connectivity index (χ2v) is 5.51. The Hall–Kier alpha value is -1.46. The van der Waals surface area contributed by atoms with E-state index in [9.17, 15) is 4.79 Å². The molecule has 0 aliphatic rings. The lowest BCUT2D eigenvalue weighted by Gasteiger charge is -2.13. The summed E-state index contributed by atoms with van der Waals surface area (Å²) < 4.78 is 10.6. The Bertz CT molecular complexity index is 481. The number of rotatable bonds is 11. The lowest BCUT2D eigenvalue weighted by Crippen LogP contribution is -2.20. The van der Waals surface area contributed by atoms with Crippen LogP contribution in [-0.2, 0) is 11.3 Å². The molecule has 0 bridgehead atoms. The molecule has 1 aromatic rings. The predicted molar refractivity (Wildman–Crippen MR) is 88.5 cm³/mol. The molecule has 0 spiro atoms. The van der Waals surface area contributed by atoms with Gasteiger partial charge in [-0.3, -0.25) is 4.79 Å². The van der Waals surface area contributed by atoms with E-state index in [1.165, 1.54) is 32.8 Å². The van der Waals surface area contributed by atoms with Gasteiger partial charge in [0.1, 0.15) is 0 Å². The second kappa shape index (κ2) is 10.3. The van der Waals surface area contributed by atoms with Crippen LogP contribution >= 0.6 is 11.6 Å². The number of carbonyl (C=O) groups is 1. The van der Waals surface area contributed by atoms with E-state index in [4.69, 9.17) is 26.8 Å².